The number of alkyl halides is 3. The highest BCUT2D eigenvalue weighted by atomic mass is 32.2. The predicted molar refractivity (Wildman–Crippen MR) is 75.6 cm³/mol. The smallest absolute Gasteiger partial charge is 0.406 e. The van der Waals surface area contributed by atoms with Crippen molar-refractivity contribution in [1.82, 2.24) is 9.62 Å². The maximum absolute atomic E-state index is 12.1. The lowest BCUT2D eigenvalue weighted by molar-refractivity contribution is -0.274. The van der Waals surface area contributed by atoms with Gasteiger partial charge >= 0.3 is 6.36 Å². The summed E-state index contributed by atoms with van der Waals surface area (Å²) >= 11 is 0. The Labute approximate surface area is 132 Å². The zero-order chi connectivity index (χ0) is 16.9. The molecule has 0 saturated carbocycles. The van der Waals surface area contributed by atoms with Gasteiger partial charge in [-0.25, -0.2) is 13.1 Å². The quantitative estimate of drug-likeness (QED) is 0.831. The zero-order valence-electron chi connectivity index (χ0n) is 12.2. The summed E-state index contributed by atoms with van der Waals surface area (Å²) in [5.41, 5.74) is 0. The van der Waals surface area contributed by atoms with E-state index in [1.54, 1.807) is 0 Å². The van der Waals surface area contributed by atoms with Crippen LogP contribution in [0.1, 0.15) is 0 Å². The standard InChI is InChI=1S/C13H17F3N2O4S/c14-13(15,16)22-11-1-3-12(4-2-11)23(19,20)17-5-6-18-7-9-21-10-8-18/h1-4,17H,5-10H2. The molecular weight excluding hydrogens is 337 g/mol. The van der Waals surface area contributed by atoms with E-state index in [0.29, 0.717) is 19.8 Å². The van der Waals surface area contributed by atoms with Crippen LogP contribution >= 0.6 is 0 Å². The van der Waals surface area contributed by atoms with Crippen LogP contribution < -0.4 is 9.46 Å². The maximum atomic E-state index is 12.1. The van der Waals surface area contributed by atoms with Crippen LogP contribution in [0.4, 0.5) is 13.2 Å². The van der Waals surface area contributed by atoms with Crippen LogP contribution in [0.2, 0.25) is 0 Å². The molecule has 1 heterocycles. The number of halogens is 3. The zero-order valence-corrected chi connectivity index (χ0v) is 13.0. The van der Waals surface area contributed by atoms with E-state index in [2.05, 4.69) is 14.4 Å². The fourth-order valence-corrected chi connectivity index (χ4v) is 3.09. The molecule has 1 saturated heterocycles. The summed E-state index contributed by atoms with van der Waals surface area (Å²) in [6.45, 7) is 3.47. The second-order valence-corrected chi connectivity index (χ2v) is 6.64. The van der Waals surface area contributed by atoms with E-state index in [9.17, 15) is 21.6 Å². The van der Waals surface area contributed by atoms with E-state index in [4.69, 9.17) is 4.74 Å². The Balaban J connectivity index is 1.88. The highest BCUT2D eigenvalue weighted by molar-refractivity contribution is 7.89. The molecule has 2 rings (SSSR count). The van der Waals surface area contributed by atoms with Gasteiger partial charge in [0.25, 0.3) is 0 Å². The second kappa shape index (κ2) is 7.47. The third-order valence-electron chi connectivity index (χ3n) is 3.19. The number of nitrogens with zero attached hydrogens (tertiary/aromatic N) is 1. The molecule has 130 valence electrons. The van der Waals surface area contributed by atoms with Crippen molar-refractivity contribution in [2.75, 3.05) is 39.4 Å². The number of morpholine rings is 1. The average molecular weight is 354 g/mol. The SMILES string of the molecule is O=S(=O)(NCCN1CCOCC1)c1ccc(OC(F)(F)F)cc1. The summed E-state index contributed by atoms with van der Waals surface area (Å²) in [6.07, 6.45) is -4.81. The molecule has 1 N–H and O–H groups in total. The van der Waals surface area contributed by atoms with Crippen molar-refractivity contribution in [2.45, 2.75) is 11.3 Å². The summed E-state index contributed by atoms with van der Waals surface area (Å²) in [4.78, 5) is 1.95. The minimum Gasteiger partial charge on any atom is -0.406 e. The van der Waals surface area contributed by atoms with Crippen molar-refractivity contribution in [3.8, 4) is 5.75 Å². The van der Waals surface area contributed by atoms with Gasteiger partial charge in [0.15, 0.2) is 0 Å². The van der Waals surface area contributed by atoms with Gasteiger partial charge in [-0.3, -0.25) is 4.90 Å². The molecule has 0 atom stereocenters. The van der Waals surface area contributed by atoms with E-state index >= 15 is 0 Å². The number of ether oxygens (including phenoxy) is 2. The maximum Gasteiger partial charge on any atom is 0.573 e. The lowest BCUT2D eigenvalue weighted by Crippen LogP contribution is -2.41. The largest absolute Gasteiger partial charge is 0.573 e. The van der Waals surface area contributed by atoms with Crippen LogP contribution in [0, 0.1) is 0 Å². The molecule has 0 bridgehead atoms. The Bertz CT molecular complexity index is 599. The molecule has 10 heteroatoms. The Kier molecular flexibility index (Phi) is 5.84. The number of sulfonamides is 1. The summed E-state index contributed by atoms with van der Waals surface area (Å²) in [5, 5.41) is 0. The van der Waals surface area contributed by atoms with Crippen molar-refractivity contribution >= 4 is 10.0 Å². The third-order valence-corrected chi connectivity index (χ3v) is 4.67. The molecule has 0 aliphatic carbocycles. The van der Waals surface area contributed by atoms with E-state index in [-0.39, 0.29) is 11.4 Å². The third kappa shape index (κ3) is 5.98. The monoisotopic (exact) mass is 354 g/mol. The summed E-state index contributed by atoms with van der Waals surface area (Å²) in [5.74, 6) is -0.468. The van der Waals surface area contributed by atoms with Gasteiger partial charge in [0.1, 0.15) is 5.75 Å². The number of nitrogens with one attached hydrogen (secondary N) is 1. The Morgan fingerprint density at radius 1 is 1.17 bits per heavy atom. The van der Waals surface area contributed by atoms with Crippen LogP contribution in [0.5, 0.6) is 5.75 Å². The van der Waals surface area contributed by atoms with Crippen molar-refractivity contribution in [2.24, 2.45) is 0 Å². The fraction of sp³-hybridized carbons (Fsp3) is 0.538. The van der Waals surface area contributed by atoms with E-state index in [1.165, 1.54) is 0 Å². The van der Waals surface area contributed by atoms with Crippen LogP contribution in [0.3, 0.4) is 0 Å². The van der Waals surface area contributed by atoms with Gasteiger partial charge in [-0.2, -0.15) is 0 Å². The van der Waals surface area contributed by atoms with Crippen molar-refractivity contribution in [3.63, 3.8) is 0 Å². The molecule has 0 amide bonds. The number of benzene rings is 1. The molecule has 1 aliphatic rings. The average Bonchev–Trinajstić information content (AvgIpc) is 2.47. The molecule has 1 aromatic rings. The summed E-state index contributed by atoms with van der Waals surface area (Å²) in [7, 11) is -3.77. The first-order chi connectivity index (χ1) is 10.8. The van der Waals surface area contributed by atoms with Crippen LogP contribution in [0.15, 0.2) is 29.2 Å². The van der Waals surface area contributed by atoms with Crippen molar-refractivity contribution < 1.29 is 31.1 Å². The Hall–Kier alpha value is -1.36. The molecule has 0 unspecified atom stereocenters. The first-order valence-electron chi connectivity index (χ1n) is 6.92. The molecule has 23 heavy (non-hydrogen) atoms. The predicted octanol–water partition coefficient (Wildman–Crippen LogP) is 1.20. The van der Waals surface area contributed by atoms with E-state index < -0.39 is 22.1 Å². The molecule has 1 aliphatic heterocycles. The second-order valence-electron chi connectivity index (χ2n) is 4.87. The highest BCUT2D eigenvalue weighted by Crippen LogP contribution is 2.23. The normalized spacial score (nSPS) is 17.2. The van der Waals surface area contributed by atoms with Gasteiger partial charge in [-0.05, 0) is 24.3 Å². The minimum atomic E-state index is -4.81. The Morgan fingerprint density at radius 3 is 2.35 bits per heavy atom. The molecule has 6 nitrogen and oxygen atoms in total. The molecule has 0 radical (unpaired) electrons. The summed E-state index contributed by atoms with van der Waals surface area (Å²) < 4.78 is 71.6. The first kappa shape index (κ1) is 18.0. The van der Waals surface area contributed by atoms with Crippen LogP contribution in [-0.4, -0.2) is 59.1 Å². The number of hydrogen-bond donors (Lipinski definition) is 1. The van der Waals surface area contributed by atoms with Gasteiger partial charge in [-0.1, -0.05) is 0 Å². The molecule has 1 fully saturated rings. The fourth-order valence-electron chi connectivity index (χ4n) is 2.07. The topological polar surface area (TPSA) is 67.9 Å². The van der Waals surface area contributed by atoms with Crippen LogP contribution in [0.25, 0.3) is 0 Å². The Morgan fingerprint density at radius 2 is 1.78 bits per heavy atom. The molecule has 0 aromatic heterocycles. The molecular formula is C13H17F3N2O4S. The van der Waals surface area contributed by atoms with Crippen molar-refractivity contribution in [1.29, 1.82) is 0 Å². The summed E-state index contributed by atoms with van der Waals surface area (Å²) in [6, 6.07) is 4.06. The molecule has 1 aromatic carbocycles. The van der Waals surface area contributed by atoms with E-state index in [1.807, 2.05) is 0 Å². The van der Waals surface area contributed by atoms with Crippen molar-refractivity contribution in [3.05, 3.63) is 24.3 Å². The van der Waals surface area contributed by atoms with Gasteiger partial charge in [0, 0.05) is 26.2 Å². The minimum absolute atomic E-state index is 0.117. The van der Waals surface area contributed by atoms with Crippen LogP contribution in [-0.2, 0) is 14.8 Å². The van der Waals surface area contributed by atoms with Gasteiger partial charge in [-0.15, -0.1) is 13.2 Å². The molecule has 0 spiro atoms. The number of hydrogen-bond acceptors (Lipinski definition) is 5. The number of rotatable bonds is 6. The van der Waals surface area contributed by atoms with Gasteiger partial charge in [0.05, 0.1) is 18.1 Å². The van der Waals surface area contributed by atoms with Gasteiger partial charge in [0.2, 0.25) is 10.0 Å². The first-order valence-corrected chi connectivity index (χ1v) is 8.40. The van der Waals surface area contributed by atoms with E-state index in [0.717, 1.165) is 37.4 Å². The van der Waals surface area contributed by atoms with Gasteiger partial charge < -0.3 is 9.47 Å². The lowest BCUT2D eigenvalue weighted by Gasteiger charge is -2.26. The lowest BCUT2D eigenvalue weighted by atomic mass is 10.3. The highest BCUT2D eigenvalue weighted by Gasteiger charge is 2.31.